The number of nitrogens with zero attached hydrogens (tertiary/aromatic N) is 3. The summed E-state index contributed by atoms with van der Waals surface area (Å²) in [5.41, 5.74) is 0.763. The molecule has 1 aromatic rings. The Morgan fingerprint density at radius 1 is 1.56 bits per heavy atom. The molecule has 1 saturated carbocycles. The van der Waals surface area contributed by atoms with E-state index in [0.29, 0.717) is 0 Å². The molecule has 1 aliphatic carbocycles. The molecular weight excluding hydrogens is 230 g/mol. The summed E-state index contributed by atoms with van der Waals surface area (Å²) in [5.74, 6) is 0.219. The van der Waals surface area contributed by atoms with Crippen molar-refractivity contribution in [2.24, 2.45) is 0 Å². The number of hydrogen-bond donors (Lipinski definition) is 0. The van der Waals surface area contributed by atoms with Crippen LogP contribution >= 0.6 is 0 Å². The maximum atomic E-state index is 12.3. The van der Waals surface area contributed by atoms with Gasteiger partial charge in [0.25, 0.3) is 5.91 Å². The second-order valence-corrected chi connectivity index (χ2v) is 5.02. The van der Waals surface area contributed by atoms with Gasteiger partial charge in [0.2, 0.25) is 5.76 Å². The molecule has 1 fully saturated rings. The van der Waals surface area contributed by atoms with Crippen molar-refractivity contribution in [3.8, 4) is 6.07 Å². The minimum Gasteiger partial charge on any atom is -0.351 e. The number of amides is 1. The molecule has 0 N–H and O–H groups in total. The van der Waals surface area contributed by atoms with Crippen LogP contribution in [-0.4, -0.2) is 28.0 Å². The largest absolute Gasteiger partial charge is 0.351 e. The fraction of sp³-hybridized carbons (Fsp3) is 0.615. The van der Waals surface area contributed by atoms with Crippen LogP contribution in [0.3, 0.4) is 0 Å². The van der Waals surface area contributed by atoms with E-state index < -0.39 is 6.04 Å². The van der Waals surface area contributed by atoms with Crippen molar-refractivity contribution in [1.82, 2.24) is 10.1 Å². The quantitative estimate of drug-likeness (QED) is 0.818. The monoisotopic (exact) mass is 247 g/mol. The van der Waals surface area contributed by atoms with Crippen LogP contribution < -0.4 is 0 Å². The van der Waals surface area contributed by atoms with E-state index >= 15 is 0 Å². The first-order chi connectivity index (χ1) is 8.54. The van der Waals surface area contributed by atoms with Crippen LogP contribution in [0.1, 0.15) is 55.8 Å². The van der Waals surface area contributed by atoms with Crippen molar-refractivity contribution in [1.29, 1.82) is 5.26 Å². The van der Waals surface area contributed by atoms with Gasteiger partial charge in [-0.15, -0.1) is 0 Å². The molecule has 1 amide bonds. The fourth-order valence-corrected chi connectivity index (χ4v) is 1.86. The first-order valence-electron chi connectivity index (χ1n) is 6.23. The van der Waals surface area contributed by atoms with Gasteiger partial charge in [-0.05, 0) is 25.7 Å². The van der Waals surface area contributed by atoms with Gasteiger partial charge in [-0.3, -0.25) is 4.79 Å². The maximum Gasteiger partial charge on any atom is 0.293 e. The Hall–Kier alpha value is -1.83. The molecule has 5 heteroatoms. The first-order valence-corrected chi connectivity index (χ1v) is 6.23. The van der Waals surface area contributed by atoms with Crippen LogP contribution in [0.25, 0.3) is 0 Å². The molecule has 0 saturated heterocycles. The lowest BCUT2D eigenvalue weighted by Crippen LogP contribution is -2.39. The summed E-state index contributed by atoms with van der Waals surface area (Å²) < 4.78 is 5.09. The standard InChI is InChI=1S/C13H17N3O2/c1-8(2)11-6-12(18-15-11)13(17)16(9(3)7-14)10-4-5-10/h6,8-10H,4-5H2,1-3H3. The zero-order chi connectivity index (χ0) is 13.3. The molecule has 0 spiro atoms. The van der Waals surface area contributed by atoms with E-state index in [1.54, 1.807) is 17.9 Å². The van der Waals surface area contributed by atoms with E-state index in [4.69, 9.17) is 9.78 Å². The number of rotatable bonds is 4. The smallest absolute Gasteiger partial charge is 0.293 e. The minimum absolute atomic E-state index is 0.180. The van der Waals surface area contributed by atoms with Gasteiger partial charge >= 0.3 is 0 Å². The van der Waals surface area contributed by atoms with E-state index in [2.05, 4.69) is 11.2 Å². The van der Waals surface area contributed by atoms with Gasteiger partial charge in [0, 0.05) is 12.1 Å². The van der Waals surface area contributed by atoms with Crippen molar-refractivity contribution in [3.63, 3.8) is 0 Å². The number of nitriles is 1. The molecule has 2 rings (SSSR count). The predicted molar refractivity (Wildman–Crippen MR) is 64.9 cm³/mol. The lowest BCUT2D eigenvalue weighted by Gasteiger charge is -2.23. The van der Waals surface area contributed by atoms with Crippen LogP contribution in [0.2, 0.25) is 0 Å². The summed E-state index contributed by atoms with van der Waals surface area (Å²) >= 11 is 0. The van der Waals surface area contributed by atoms with Crippen molar-refractivity contribution >= 4 is 5.91 Å². The summed E-state index contributed by atoms with van der Waals surface area (Å²) in [6.07, 6.45) is 1.92. The van der Waals surface area contributed by atoms with Crippen molar-refractivity contribution in [2.45, 2.75) is 51.6 Å². The zero-order valence-electron chi connectivity index (χ0n) is 10.9. The summed E-state index contributed by atoms with van der Waals surface area (Å²) in [6, 6.07) is 3.53. The molecule has 0 aliphatic heterocycles. The van der Waals surface area contributed by atoms with Gasteiger partial charge in [-0.1, -0.05) is 19.0 Å². The third-order valence-corrected chi connectivity index (χ3v) is 3.11. The highest BCUT2D eigenvalue weighted by Crippen LogP contribution is 2.30. The Morgan fingerprint density at radius 2 is 2.22 bits per heavy atom. The molecule has 1 unspecified atom stereocenters. The van der Waals surface area contributed by atoms with Gasteiger partial charge in [0.05, 0.1) is 11.8 Å². The SMILES string of the molecule is CC(C)c1cc(C(=O)N(C(C)C#N)C2CC2)on1. The average Bonchev–Trinajstić information content (AvgIpc) is 3.04. The highest BCUT2D eigenvalue weighted by molar-refractivity contribution is 5.92. The van der Waals surface area contributed by atoms with Gasteiger partial charge in [-0.2, -0.15) is 5.26 Å². The first kappa shape index (κ1) is 12.6. The summed E-state index contributed by atoms with van der Waals surface area (Å²) in [7, 11) is 0. The summed E-state index contributed by atoms with van der Waals surface area (Å²) in [5, 5.41) is 12.9. The van der Waals surface area contributed by atoms with Crippen LogP contribution in [0.4, 0.5) is 0 Å². The van der Waals surface area contributed by atoms with Crippen molar-refractivity contribution < 1.29 is 9.32 Å². The van der Waals surface area contributed by atoms with Gasteiger partial charge in [0.15, 0.2) is 0 Å². The molecule has 1 aliphatic rings. The van der Waals surface area contributed by atoms with Gasteiger partial charge in [-0.25, -0.2) is 0 Å². The Morgan fingerprint density at radius 3 is 2.67 bits per heavy atom. The van der Waals surface area contributed by atoms with Crippen LogP contribution in [0.15, 0.2) is 10.6 Å². The van der Waals surface area contributed by atoms with Crippen LogP contribution in [-0.2, 0) is 0 Å². The summed E-state index contributed by atoms with van der Waals surface area (Å²) in [6.45, 7) is 5.71. The topological polar surface area (TPSA) is 70.1 Å². The molecule has 1 atom stereocenters. The maximum absolute atomic E-state index is 12.3. The van der Waals surface area contributed by atoms with E-state index in [0.717, 1.165) is 18.5 Å². The average molecular weight is 247 g/mol. The number of carbonyl (C=O) groups excluding carboxylic acids is 1. The Labute approximate surface area is 106 Å². The predicted octanol–water partition coefficient (Wildman–Crippen LogP) is 2.31. The van der Waals surface area contributed by atoms with Crippen LogP contribution in [0, 0.1) is 11.3 Å². The Kier molecular flexibility index (Phi) is 3.37. The molecule has 0 bridgehead atoms. The third kappa shape index (κ3) is 2.37. The van der Waals surface area contributed by atoms with Crippen LogP contribution in [0.5, 0.6) is 0 Å². The summed E-state index contributed by atoms with van der Waals surface area (Å²) in [4.78, 5) is 13.9. The molecule has 5 nitrogen and oxygen atoms in total. The molecule has 1 heterocycles. The van der Waals surface area contributed by atoms with Gasteiger partial charge < -0.3 is 9.42 Å². The van der Waals surface area contributed by atoms with E-state index in [-0.39, 0.29) is 23.6 Å². The second kappa shape index (κ2) is 4.81. The van der Waals surface area contributed by atoms with E-state index in [1.165, 1.54) is 0 Å². The Bertz CT molecular complexity index is 483. The normalized spacial score (nSPS) is 16.4. The third-order valence-electron chi connectivity index (χ3n) is 3.11. The molecule has 96 valence electrons. The second-order valence-electron chi connectivity index (χ2n) is 5.02. The van der Waals surface area contributed by atoms with Gasteiger partial charge in [0.1, 0.15) is 6.04 Å². The Balaban J connectivity index is 2.20. The lowest BCUT2D eigenvalue weighted by molar-refractivity contribution is 0.0671. The fourth-order valence-electron chi connectivity index (χ4n) is 1.86. The number of aromatic nitrogens is 1. The molecule has 1 aromatic heterocycles. The lowest BCUT2D eigenvalue weighted by atomic mass is 10.1. The number of hydrogen-bond acceptors (Lipinski definition) is 4. The molecular formula is C13H17N3O2. The van der Waals surface area contributed by atoms with Crippen molar-refractivity contribution in [2.75, 3.05) is 0 Å². The highest BCUT2D eigenvalue weighted by Gasteiger charge is 2.37. The zero-order valence-corrected chi connectivity index (χ0v) is 10.9. The molecule has 0 aromatic carbocycles. The molecule has 0 radical (unpaired) electrons. The molecule has 18 heavy (non-hydrogen) atoms. The van der Waals surface area contributed by atoms with E-state index in [9.17, 15) is 4.79 Å². The highest BCUT2D eigenvalue weighted by atomic mass is 16.5. The van der Waals surface area contributed by atoms with E-state index in [1.807, 2.05) is 13.8 Å². The minimum atomic E-state index is -0.433. The number of carbonyl (C=O) groups is 1. The van der Waals surface area contributed by atoms with Crippen molar-refractivity contribution in [3.05, 3.63) is 17.5 Å².